The Morgan fingerprint density at radius 2 is 1.69 bits per heavy atom. The Labute approximate surface area is 202 Å². The average molecular weight is 482 g/mol. The van der Waals surface area contributed by atoms with Gasteiger partial charge in [0.05, 0.1) is 12.1 Å². The number of rotatable bonds is 5. The predicted molar refractivity (Wildman–Crippen MR) is 129 cm³/mol. The molecule has 0 unspecified atom stereocenters. The number of fused-ring (bicyclic) bond motifs is 1. The molecular formula is C27H26F3N3O2. The number of halogens is 3. The number of nitrogens with zero attached hydrogens (tertiary/aromatic N) is 2. The van der Waals surface area contributed by atoms with Gasteiger partial charge in [-0.2, -0.15) is 13.2 Å². The molecule has 0 spiro atoms. The molecule has 3 aromatic carbocycles. The van der Waals surface area contributed by atoms with E-state index >= 15 is 0 Å². The van der Waals surface area contributed by atoms with Crippen LogP contribution < -0.4 is 5.32 Å². The third-order valence-electron chi connectivity index (χ3n) is 6.11. The summed E-state index contributed by atoms with van der Waals surface area (Å²) < 4.78 is 38.8. The van der Waals surface area contributed by atoms with Gasteiger partial charge < -0.3 is 10.2 Å². The predicted octanol–water partition coefficient (Wildman–Crippen LogP) is 5.07. The quantitative estimate of drug-likeness (QED) is 0.554. The van der Waals surface area contributed by atoms with Gasteiger partial charge in [0.15, 0.2) is 0 Å². The Hall–Kier alpha value is -3.65. The van der Waals surface area contributed by atoms with Gasteiger partial charge in [0.2, 0.25) is 5.91 Å². The first-order valence-corrected chi connectivity index (χ1v) is 11.2. The lowest BCUT2D eigenvalue weighted by Crippen LogP contribution is -2.39. The summed E-state index contributed by atoms with van der Waals surface area (Å²) in [6.45, 7) is 1.78. The van der Waals surface area contributed by atoms with Crippen molar-refractivity contribution in [3.05, 3.63) is 89.0 Å². The van der Waals surface area contributed by atoms with Crippen molar-refractivity contribution in [3.8, 4) is 11.1 Å². The summed E-state index contributed by atoms with van der Waals surface area (Å²) in [5.41, 5.74) is 3.60. The molecule has 2 amide bonds. The topological polar surface area (TPSA) is 52.7 Å². The minimum atomic E-state index is -4.42. The SMILES string of the molecule is CN(C)C(=O)CN1CCc2cc(NC(=O)c3ccccc3-c3ccc(C(F)(F)F)cc3)ccc2C1. The first-order valence-electron chi connectivity index (χ1n) is 11.2. The molecule has 0 radical (unpaired) electrons. The fourth-order valence-corrected chi connectivity index (χ4v) is 4.13. The van der Waals surface area contributed by atoms with E-state index < -0.39 is 11.7 Å². The van der Waals surface area contributed by atoms with Gasteiger partial charge in [-0.3, -0.25) is 14.5 Å². The molecule has 0 saturated heterocycles. The number of hydrogen-bond acceptors (Lipinski definition) is 3. The number of carbonyl (C=O) groups excluding carboxylic acids is 2. The van der Waals surface area contributed by atoms with E-state index in [-0.39, 0.29) is 11.8 Å². The van der Waals surface area contributed by atoms with Crippen LogP contribution >= 0.6 is 0 Å². The molecule has 5 nitrogen and oxygen atoms in total. The zero-order valence-corrected chi connectivity index (χ0v) is 19.5. The highest BCUT2D eigenvalue weighted by Crippen LogP contribution is 2.32. The highest BCUT2D eigenvalue weighted by Gasteiger charge is 2.30. The molecule has 8 heteroatoms. The summed E-state index contributed by atoms with van der Waals surface area (Å²) in [6.07, 6.45) is -3.65. The number of likely N-dealkylation sites (N-methyl/N-ethyl adjacent to an activating group) is 1. The van der Waals surface area contributed by atoms with Crippen LogP contribution in [0.2, 0.25) is 0 Å². The van der Waals surface area contributed by atoms with Crippen LogP contribution in [0, 0.1) is 0 Å². The summed E-state index contributed by atoms with van der Waals surface area (Å²) in [4.78, 5) is 28.8. The normalized spacial score (nSPS) is 13.7. The van der Waals surface area contributed by atoms with E-state index in [1.54, 1.807) is 43.3 Å². The van der Waals surface area contributed by atoms with E-state index in [4.69, 9.17) is 0 Å². The van der Waals surface area contributed by atoms with Crippen molar-refractivity contribution in [2.45, 2.75) is 19.1 Å². The molecule has 1 N–H and O–H groups in total. The van der Waals surface area contributed by atoms with Crippen LogP contribution in [0.3, 0.4) is 0 Å². The standard InChI is InChI=1S/C27H26F3N3O2/c1-32(2)25(34)17-33-14-13-19-15-22(12-9-20(19)16-33)31-26(35)24-6-4-3-5-23(24)18-7-10-21(11-8-18)27(28,29)30/h3-12,15H,13-14,16-17H2,1-2H3,(H,31,35). The summed E-state index contributed by atoms with van der Waals surface area (Å²) >= 11 is 0. The summed E-state index contributed by atoms with van der Waals surface area (Å²) in [5, 5.41) is 2.92. The Kier molecular flexibility index (Phi) is 6.93. The van der Waals surface area contributed by atoms with Crippen molar-refractivity contribution >= 4 is 17.5 Å². The number of hydrogen-bond donors (Lipinski definition) is 1. The molecule has 182 valence electrons. The highest BCUT2D eigenvalue weighted by molar-refractivity contribution is 6.08. The van der Waals surface area contributed by atoms with Crippen LogP contribution in [0.25, 0.3) is 11.1 Å². The minimum Gasteiger partial charge on any atom is -0.348 e. The van der Waals surface area contributed by atoms with E-state index in [9.17, 15) is 22.8 Å². The molecule has 0 aliphatic carbocycles. The van der Waals surface area contributed by atoms with E-state index in [0.29, 0.717) is 35.5 Å². The monoisotopic (exact) mass is 481 g/mol. The summed E-state index contributed by atoms with van der Waals surface area (Å²) in [5.74, 6) is -0.279. The molecule has 3 aromatic rings. The molecule has 4 rings (SSSR count). The Balaban J connectivity index is 1.49. The lowest BCUT2D eigenvalue weighted by atomic mass is 9.97. The van der Waals surface area contributed by atoms with Crippen molar-refractivity contribution in [2.24, 2.45) is 0 Å². The van der Waals surface area contributed by atoms with E-state index in [2.05, 4.69) is 10.2 Å². The molecule has 0 saturated carbocycles. The lowest BCUT2D eigenvalue weighted by molar-refractivity contribution is -0.137. The van der Waals surface area contributed by atoms with Crippen LogP contribution in [0.4, 0.5) is 18.9 Å². The van der Waals surface area contributed by atoms with Gasteiger partial charge in [-0.25, -0.2) is 0 Å². The third-order valence-corrected chi connectivity index (χ3v) is 6.11. The van der Waals surface area contributed by atoms with Gasteiger partial charge in [-0.05, 0) is 59.0 Å². The summed E-state index contributed by atoms with van der Waals surface area (Å²) in [6, 6.07) is 17.3. The first kappa shape index (κ1) is 24.5. The molecule has 0 fully saturated rings. The smallest absolute Gasteiger partial charge is 0.348 e. The maximum Gasteiger partial charge on any atom is 0.416 e. The van der Waals surface area contributed by atoms with Crippen molar-refractivity contribution < 1.29 is 22.8 Å². The number of benzene rings is 3. The number of alkyl halides is 3. The Bertz CT molecular complexity index is 1240. The summed E-state index contributed by atoms with van der Waals surface area (Å²) in [7, 11) is 3.48. The van der Waals surface area contributed by atoms with Gasteiger partial charge >= 0.3 is 6.18 Å². The van der Waals surface area contributed by atoms with E-state index in [1.165, 1.54) is 12.1 Å². The number of nitrogens with one attached hydrogen (secondary N) is 1. The van der Waals surface area contributed by atoms with Crippen molar-refractivity contribution in [1.82, 2.24) is 9.80 Å². The van der Waals surface area contributed by atoms with Gasteiger partial charge in [0.25, 0.3) is 5.91 Å². The van der Waals surface area contributed by atoms with Crippen LogP contribution in [0.1, 0.15) is 27.0 Å². The van der Waals surface area contributed by atoms with Crippen LogP contribution in [0.15, 0.2) is 66.7 Å². The van der Waals surface area contributed by atoms with Crippen LogP contribution in [-0.4, -0.2) is 48.8 Å². The second-order valence-electron chi connectivity index (χ2n) is 8.81. The molecule has 0 bridgehead atoms. The molecule has 1 aliphatic heterocycles. The van der Waals surface area contributed by atoms with Gasteiger partial charge in [0.1, 0.15) is 0 Å². The van der Waals surface area contributed by atoms with E-state index in [1.807, 2.05) is 18.2 Å². The number of carbonyl (C=O) groups is 2. The van der Waals surface area contributed by atoms with Gasteiger partial charge in [-0.1, -0.05) is 36.4 Å². The van der Waals surface area contributed by atoms with Crippen molar-refractivity contribution in [2.75, 3.05) is 32.5 Å². The number of anilines is 1. The zero-order valence-electron chi connectivity index (χ0n) is 19.5. The fraction of sp³-hybridized carbons (Fsp3) is 0.259. The molecule has 1 aliphatic rings. The average Bonchev–Trinajstić information content (AvgIpc) is 2.83. The lowest BCUT2D eigenvalue weighted by Gasteiger charge is -2.29. The largest absolute Gasteiger partial charge is 0.416 e. The van der Waals surface area contributed by atoms with Gasteiger partial charge in [-0.15, -0.1) is 0 Å². The molecule has 35 heavy (non-hydrogen) atoms. The second kappa shape index (κ2) is 9.92. The van der Waals surface area contributed by atoms with Gasteiger partial charge in [0, 0.05) is 38.4 Å². The second-order valence-corrected chi connectivity index (χ2v) is 8.81. The Morgan fingerprint density at radius 1 is 0.971 bits per heavy atom. The molecule has 0 aromatic heterocycles. The zero-order chi connectivity index (χ0) is 25.2. The first-order chi connectivity index (χ1) is 16.6. The molecular weight excluding hydrogens is 455 g/mol. The van der Waals surface area contributed by atoms with Crippen molar-refractivity contribution in [1.29, 1.82) is 0 Å². The minimum absolute atomic E-state index is 0.0593. The molecule has 0 atom stereocenters. The van der Waals surface area contributed by atoms with Crippen LogP contribution in [0.5, 0.6) is 0 Å². The maximum absolute atomic E-state index is 13.1. The number of amides is 2. The highest BCUT2D eigenvalue weighted by atomic mass is 19.4. The van der Waals surface area contributed by atoms with Crippen LogP contribution in [-0.2, 0) is 23.9 Å². The molecule has 1 heterocycles. The van der Waals surface area contributed by atoms with Crippen molar-refractivity contribution in [3.63, 3.8) is 0 Å². The van der Waals surface area contributed by atoms with E-state index in [0.717, 1.165) is 36.2 Å². The fourth-order valence-electron chi connectivity index (χ4n) is 4.13. The maximum atomic E-state index is 13.1. The Morgan fingerprint density at radius 3 is 2.37 bits per heavy atom. The third kappa shape index (κ3) is 5.71.